The van der Waals surface area contributed by atoms with E-state index in [1.807, 2.05) is 6.92 Å². The van der Waals surface area contributed by atoms with Crippen LogP contribution in [0.4, 0.5) is 5.82 Å². The fourth-order valence-electron chi connectivity index (χ4n) is 4.61. The Morgan fingerprint density at radius 1 is 1.24 bits per heavy atom. The summed E-state index contributed by atoms with van der Waals surface area (Å²) in [5.74, 6) is 1.33. The Morgan fingerprint density at radius 2 is 2.04 bits per heavy atom. The van der Waals surface area contributed by atoms with Crippen LogP contribution < -0.4 is 4.90 Å². The number of hydrogen-bond acceptors (Lipinski definition) is 5. The summed E-state index contributed by atoms with van der Waals surface area (Å²) >= 11 is 0. The van der Waals surface area contributed by atoms with Crippen molar-refractivity contribution in [3.63, 3.8) is 0 Å². The van der Waals surface area contributed by atoms with Crippen LogP contribution in [0.5, 0.6) is 0 Å². The van der Waals surface area contributed by atoms with Crippen molar-refractivity contribution in [1.29, 1.82) is 0 Å². The van der Waals surface area contributed by atoms with Gasteiger partial charge < -0.3 is 14.5 Å². The fourth-order valence-corrected chi connectivity index (χ4v) is 4.61. The highest BCUT2D eigenvalue weighted by Crippen LogP contribution is 2.41. The summed E-state index contributed by atoms with van der Waals surface area (Å²) in [5.41, 5.74) is 1.27. The molecule has 0 bridgehead atoms. The maximum Gasteiger partial charge on any atom is 0.222 e. The Balaban J connectivity index is 1.39. The summed E-state index contributed by atoms with van der Waals surface area (Å²) in [4.78, 5) is 25.7. The van der Waals surface area contributed by atoms with Crippen LogP contribution in [0.1, 0.15) is 44.2 Å². The number of piperidine rings is 2. The van der Waals surface area contributed by atoms with E-state index in [4.69, 9.17) is 4.74 Å². The number of aryl methyl sites for hydroxylation is 1. The van der Waals surface area contributed by atoms with Crippen LogP contribution in [-0.4, -0.2) is 59.7 Å². The summed E-state index contributed by atoms with van der Waals surface area (Å²) in [5, 5.41) is 0. The Hall–Kier alpha value is -1.69. The molecule has 1 amide bonds. The molecule has 0 aromatic carbocycles. The van der Waals surface area contributed by atoms with Crippen LogP contribution >= 0.6 is 0 Å². The van der Waals surface area contributed by atoms with Crippen molar-refractivity contribution in [1.82, 2.24) is 14.9 Å². The molecule has 0 aliphatic carbocycles. The largest absolute Gasteiger partial charge is 0.376 e. The van der Waals surface area contributed by atoms with Gasteiger partial charge in [0.15, 0.2) is 0 Å². The number of carbonyl (C=O) groups is 1. The van der Waals surface area contributed by atoms with E-state index in [2.05, 4.69) is 19.8 Å². The molecule has 3 aliphatic rings. The second-order valence-corrected chi connectivity index (χ2v) is 7.86. The normalized spacial score (nSPS) is 26.4. The molecule has 3 aliphatic heterocycles. The van der Waals surface area contributed by atoms with Crippen molar-refractivity contribution < 1.29 is 9.53 Å². The number of nitrogens with zero attached hydrogens (tertiary/aromatic N) is 4. The molecule has 136 valence electrons. The molecule has 3 fully saturated rings. The quantitative estimate of drug-likeness (QED) is 0.841. The molecule has 1 atom stereocenters. The van der Waals surface area contributed by atoms with E-state index in [0.717, 1.165) is 76.4 Å². The summed E-state index contributed by atoms with van der Waals surface area (Å²) in [6, 6.07) is 0. The van der Waals surface area contributed by atoms with Gasteiger partial charge in [0.05, 0.1) is 11.8 Å². The molecule has 1 aromatic heterocycles. The summed E-state index contributed by atoms with van der Waals surface area (Å²) in [7, 11) is 0. The van der Waals surface area contributed by atoms with E-state index < -0.39 is 0 Å². The topological polar surface area (TPSA) is 58.6 Å². The first-order valence-corrected chi connectivity index (χ1v) is 9.57. The lowest BCUT2D eigenvalue weighted by Gasteiger charge is -2.48. The molecule has 0 radical (unpaired) electrons. The Morgan fingerprint density at radius 3 is 2.76 bits per heavy atom. The number of anilines is 1. The third kappa shape index (κ3) is 3.50. The third-order valence-electron chi connectivity index (χ3n) is 6.18. The van der Waals surface area contributed by atoms with Crippen LogP contribution in [0.3, 0.4) is 0 Å². The standard InChI is InChI=1S/C19H28N4O2/c1-15-18(21-9-8-20-15)22-10-6-19(7-11-22)5-4-17(24)23(14-19)13-16-3-2-12-25-16/h8-9,16H,2-7,10-14H2,1H3. The van der Waals surface area contributed by atoms with Crippen LogP contribution in [0.15, 0.2) is 12.4 Å². The van der Waals surface area contributed by atoms with Crippen LogP contribution in [0.2, 0.25) is 0 Å². The zero-order chi connectivity index (χ0) is 17.3. The molecule has 3 saturated heterocycles. The molecule has 1 aromatic rings. The highest BCUT2D eigenvalue weighted by atomic mass is 16.5. The predicted molar refractivity (Wildman–Crippen MR) is 95.4 cm³/mol. The second-order valence-electron chi connectivity index (χ2n) is 7.86. The molecule has 1 unspecified atom stereocenters. The Bertz CT molecular complexity index is 622. The van der Waals surface area contributed by atoms with Crippen molar-refractivity contribution in [2.75, 3.05) is 37.7 Å². The van der Waals surface area contributed by atoms with Gasteiger partial charge >= 0.3 is 0 Å². The van der Waals surface area contributed by atoms with E-state index >= 15 is 0 Å². The van der Waals surface area contributed by atoms with Gasteiger partial charge in [-0.3, -0.25) is 9.78 Å². The number of hydrogen-bond donors (Lipinski definition) is 0. The Labute approximate surface area is 149 Å². The first-order chi connectivity index (χ1) is 12.2. The zero-order valence-electron chi connectivity index (χ0n) is 15.1. The lowest BCUT2D eigenvalue weighted by molar-refractivity contribution is -0.140. The van der Waals surface area contributed by atoms with Gasteiger partial charge in [0.2, 0.25) is 5.91 Å². The van der Waals surface area contributed by atoms with Crippen molar-refractivity contribution in [3.8, 4) is 0 Å². The van der Waals surface area contributed by atoms with Crippen molar-refractivity contribution >= 4 is 11.7 Å². The molecule has 6 heteroatoms. The molecular formula is C19H28N4O2. The summed E-state index contributed by atoms with van der Waals surface area (Å²) in [6.07, 6.45) is 9.96. The molecule has 25 heavy (non-hydrogen) atoms. The number of rotatable bonds is 3. The number of likely N-dealkylation sites (tertiary alicyclic amines) is 1. The van der Waals surface area contributed by atoms with Gasteiger partial charge in [0.1, 0.15) is 5.82 Å². The van der Waals surface area contributed by atoms with Crippen LogP contribution in [0, 0.1) is 12.3 Å². The summed E-state index contributed by atoms with van der Waals surface area (Å²) in [6.45, 7) is 6.56. The van der Waals surface area contributed by atoms with Gasteiger partial charge in [-0.15, -0.1) is 0 Å². The number of ether oxygens (including phenoxy) is 1. The first kappa shape index (κ1) is 16.8. The smallest absolute Gasteiger partial charge is 0.222 e. The van der Waals surface area contributed by atoms with Crippen molar-refractivity contribution in [2.45, 2.75) is 51.6 Å². The van der Waals surface area contributed by atoms with Gasteiger partial charge in [-0.2, -0.15) is 0 Å². The average Bonchev–Trinajstić information content (AvgIpc) is 3.13. The number of carbonyl (C=O) groups excluding carboxylic acids is 1. The molecule has 6 nitrogen and oxygen atoms in total. The van der Waals surface area contributed by atoms with Gasteiger partial charge in [0.25, 0.3) is 0 Å². The van der Waals surface area contributed by atoms with E-state index in [9.17, 15) is 4.79 Å². The van der Waals surface area contributed by atoms with Gasteiger partial charge in [-0.1, -0.05) is 0 Å². The number of aromatic nitrogens is 2. The third-order valence-corrected chi connectivity index (χ3v) is 6.18. The molecule has 4 heterocycles. The van der Waals surface area contributed by atoms with Gasteiger partial charge in [-0.05, 0) is 44.4 Å². The lowest BCUT2D eigenvalue weighted by Crippen LogP contribution is -2.53. The van der Waals surface area contributed by atoms with Crippen molar-refractivity contribution in [2.24, 2.45) is 5.41 Å². The molecule has 4 rings (SSSR count). The zero-order valence-corrected chi connectivity index (χ0v) is 15.1. The minimum atomic E-state index is 0.251. The maximum atomic E-state index is 12.4. The molecular weight excluding hydrogens is 316 g/mol. The van der Waals surface area contributed by atoms with E-state index in [1.165, 1.54) is 0 Å². The Kier molecular flexibility index (Phi) is 4.63. The average molecular weight is 344 g/mol. The van der Waals surface area contributed by atoms with Gasteiger partial charge in [0, 0.05) is 51.6 Å². The predicted octanol–water partition coefficient (Wildman–Crippen LogP) is 2.17. The maximum absolute atomic E-state index is 12.4. The van der Waals surface area contributed by atoms with E-state index in [-0.39, 0.29) is 11.5 Å². The van der Waals surface area contributed by atoms with Crippen LogP contribution in [-0.2, 0) is 9.53 Å². The first-order valence-electron chi connectivity index (χ1n) is 9.57. The monoisotopic (exact) mass is 344 g/mol. The van der Waals surface area contributed by atoms with Crippen molar-refractivity contribution in [3.05, 3.63) is 18.1 Å². The fraction of sp³-hybridized carbons (Fsp3) is 0.737. The van der Waals surface area contributed by atoms with Crippen LogP contribution in [0.25, 0.3) is 0 Å². The highest BCUT2D eigenvalue weighted by molar-refractivity contribution is 5.77. The second kappa shape index (κ2) is 6.90. The summed E-state index contributed by atoms with van der Waals surface area (Å²) < 4.78 is 5.75. The molecule has 1 spiro atoms. The number of amides is 1. The lowest BCUT2D eigenvalue weighted by atomic mass is 9.72. The highest BCUT2D eigenvalue weighted by Gasteiger charge is 2.42. The van der Waals surface area contributed by atoms with E-state index in [0.29, 0.717) is 12.3 Å². The minimum absolute atomic E-state index is 0.251. The van der Waals surface area contributed by atoms with E-state index in [1.54, 1.807) is 12.4 Å². The molecule has 0 N–H and O–H groups in total. The SMILES string of the molecule is Cc1nccnc1N1CCC2(CCC(=O)N(CC3CCCO3)C2)CC1. The minimum Gasteiger partial charge on any atom is -0.376 e. The van der Waals surface area contributed by atoms with Gasteiger partial charge in [-0.25, -0.2) is 4.98 Å². The molecule has 0 saturated carbocycles.